The van der Waals surface area contributed by atoms with Crippen molar-refractivity contribution >= 4 is 11.8 Å². The molecule has 3 saturated heterocycles. The Morgan fingerprint density at radius 1 is 1.35 bits per heavy atom. The van der Waals surface area contributed by atoms with Gasteiger partial charge in [-0.05, 0) is 25.0 Å². The fourth-order valence-corrected chi connectivity index (χ4v) is 2.90. The summed E-state index contributed by atoms with van der Waals surface area (Å²) in [4.78, 5) is 19.1. The summed E-state index contributed by atoms with van der Waals surface area (Å²) >= 11 is 0. The number of piperidine rings is 2. The van der Waals surface area contributed by atoms with Crippen molar-refractivity contribution < 1.29 is 9.90 Å². The van der Waals surface area contributed by atoms with Crippen LogP contribution in [0, 0.1) is 0 Å². The summed E-state index contributed by atoms with van der Waals surface area (Å²) in [6, 6.07) is 4.41. The molecule has 5 heteroatoms. The molecule has 0 spiro atoms. The Hall–Kier alpha value is -1.78. The quantitative estimate of drug-likeness (QED) is 0.796. The van der Waals surface area contributed by atoms with Crippen molar-refractivity contribution in [2.24, 2.45) is 0 Å². The number of hydrogen-bond acceptors (Lipinski definition) is 3. The monoisotopic (exact) mass is 233 g/mol. The number of fused-ring (bicyclic) bond motifs is 3. The highest BCUT2D eigenvalue weighted by Gasteiger charge is 2.41. The van der Waals surface area contributed by atoms with Gasteiger partial charge in [-0.2, -0.15) is 0 Å². The number of aromatic nitrogens is 1. The van der Waals surface area contributed by atoms with Crippen LogP contribution in [0.1, 0.15) is 12.8 Å². The Morgan fingerprint density at radius 3 is 2.76 bits per heavy atom. The predicted molar refractivity (Wildman–Crippen MR) is 63.1 cm³/mol. The van der Waals surface area contributed by atoms with Gasteiger partial charge in [0, 0.05) is 25.3 Å². The lowest BCUT2D eigenvalue weighted by Gasteiger charge is -2.51. The van der Waals surface area contributed by atoms with Gasteiger partial charge < -0.3 is 14.9 Å². The van der Waals surface area contributed by atoms with E-state index in [2.05, 4.69) is 9.88 Å². The van der Waals surface area contributed by atoms with Gasteiger partial charge >= 0.3 is 6.09 Å². The molecule has 1 aromatic heterocycles. The van der Waals surface area contributed by atoms with Gasteiger partial charge in [-0.15, -0.1) is 0 Å². The van der Waals surface area contributed by atoms with Crippen LogP contribution in [0.25, 0.3) is 0 Å². The number of pyridine rings is 1. The van der Waals surface area contributed by atoms with Crippen LogP contribution in [0.3, 0.4) is 0 Å². The van der Waals surface area contributed by atoms with Crippen molar-refractivity contribution in [1.29, 1.82) is 0 Å². The molecule has 1 amide bonds. The van der Waals surface area contributed by atoms with Gasteiger partial charge in [0.25, 0.3) is 0 Å². The number of piperazine rings is 1. The third-order valence-corrected chi connectivity index (χ3v) is 3.75. The molecule has 0 radical (unpaired) electrons. The second kappa shape index (κ2) is 3.91. The van der Waals surface area contributed by atoms with Gasteiger partial charge in [0.2, 0.25) is 0 Å². The summed E-state index contributed by atoms with van der Waals surface area (Å²) in [6.45, 7) is 1.41. The first-order valence-electron chi connectivity index (χ1n) is 5.92. The van der Waals surface area contributed by atoms with E-state index >= 15 is 0 Å². The molecule has 5 nitrogen and oxygen atoms in total. The van der Waals surface area contributed by atoms with E-state index in [1.807, 2.05) is 18.3 Å². The summed E-state index contributed by atoms with van der Waals surface area (Å²) in [6.07, 6.45) is 4.88. The first-order valence-corrected chi connectivity index (χ1v) is 5.92. The van der Waals surface area contributed by atoms with E-state index in [9.17, 15) is 4.79 Å². The molecule has 0 aliphatic carbocycles. The molecule has 2 unspecified atom stereocenters. The second-order valence-electron chi connectivity index (χ2n) is 4.68. The Labute approximate surface area is 99.7 Å². The normalized spacial score (nSPS) is 27.3. The molecule has 1 N–H and O–H groups in total. The lowest BCUT2D eigenvalue weighted by molar-refractivity contribution is 0.0806. The fraction of sp³-hybridized carbons (Fsp3) is 0.500. The Morgan fingerprint density at radius 2 is 2.18 bits per heavy atom. The number of rotatable bonds is 1. The van der Waals surface area contributed by atoms with E-state index in [0.717, 1.165) is 25.1 Å². The van der Waals surface area contributed by atoms with Gasteiger partial charge in [0.15, 0.2) is 0 Å². The van der Waals surface area contributed by atoms with Crippen LogP contribution in [0.5, 0.6) is 0 Å². The smallest absolute Gasteiger partial charge is 0.407 e. The minimum Gasteiger partial charge on any atom is -0.465 e. The first kappa shape index (κ1) is 10.4. The largest absolute Gasteiger partial charge is 0.465 e. The highest BCUT2D eigenvalue weighted by Crippen LogP contribution is 2.32. The average Bonchev–Trinajstić information content (AvgIpc) is 2.40. The van der Waals surface area contributed by atoms with Crippen molar-refractivity contribution in [1.82, 2.24) is 9.88 Å². The molecule has 0 aromatic carbocycles. The van der Waals surface area contributed by atoms with Gasteiger partial charge in [0.1, 0.15) is 0 Å². The van der Waals surface area contributed by atoms with E-state index in [1.54, 1.807) is 11.1 Å². The highest BCUT2D eigenvalue weighted by molar-refractivity contribution is 5.66. The lowest BCUT2D eigenvalue weighted by atomic mass is 9.91. The third kappa shape index (κ3) is 1.71. The number of hydrogen-bond donors (Lipinski definition) is 1. The van der Waals surface area contributed by atoms with E-state index in [0.29, 0.717) is 12.6 Å². The summed E-state index contributed by atoms with van der Waals surface area (Å²) < 4.78 is 0. The number of carboxylic acid groups (broad SMARTS) is 1. The van der Waals surface area contributed by atoms with Crippen LogP contribution < -0.4 is 4.90 Å². The van der Waals surface area contributed by atoms with Gasteiger partial charge in [-0.3, -0.25) is 4.98 Å². The maximum Gasteiger partial charge on any atom is 0.407 e. The second-order valence-corrected chi connectivity index (χ2v) is 4.68. The number of nitrogens with zero attached hydrogens (tertiary/aromatic N) is 3. The van der Waals surface area contributed by atoms with Crippen molar-refractivity contribution in [3.63, 3.8) is 0 Å². The minimum absolute atomic E-state index is 0.137. The number of amides is 1. The summed E-state index contributed by atoms with van der Waals surface area (Å²) in [7, 11) is 0. The maximum atomic E-state index is 11.1. The molecule has 3 aliphatic heterocycles. The molecule has 90 valence electrons. The Balaban J connectivity index is 1.82. The zero-order valence-corrected chi connectivity index (χ0v) is 9.49. The van der Waals surface area contributed by atoms with Crippen LogP contribution in [0.15, 0.2) is 24.5 Å². The predicted octanol–water partition coefficient (Wildman–Crippen LogP) is 1.41. The summed E-state index contributed by atoms with van der Waals surface area (Å²) in [5.41, 5.74) is 1.10. The van der Waals surface area contributed by atoms with E-state index in [4.69, 9.17) is 5.11 Å². The molecular formula is C12H15N3O2. The van der Waals surface area contributed by atoms with Gasteiger partial charge in [-0.1, -0.05) is 0 Å². The first-order chi connectivity index (χ1) is 8.25. The SMILES string of the molecule is O=C(O)N1CC2CCC1CN2c1cccnc1. The molecule has 3 fully saturated rings. The van der Waals surface area contributed by atoms with Crippen LogP contribution in [-0.2, 0) is 0 Å². The number of carbonyl (C=O) groups is 1. The lowest BCUT2D eigenvalue weighted by Crippen LogP contribution is -2.63. The Kier molecular flexibility index (Phi) is 2.39. The Bertz CT molecular complexity index is 423. The number of anilines is 1. The molecule has 2 bridgehead atoms. The van der Waals surface area contributed by atoms with E-state index < -0.39 is 6.09 Å². The van der Waals surface area contributed by atoms with Crippen LogP contribution >= 0.6 is 0 Å². The molecule has 4 rings (SSSR count). The minimum atomic E-state index is -0.787. The molecular weight excluding hydrogens is 218 g/mol. The summed E-state index contributed by atoms with van der Waals surface area (Å²) in [5, 5.41) is 9.11. The molecule has 17 heavy (non-hydrogen) atoms. The van der Waals surface area contributed by atoms with Crippen molar-refractivity contribution in [2.45, 2.75) is 24.9 Å². The summed E-state index contributed by atoms with van der Waals surface area (Å²) in [5.74, 6) is 0. The van der Waals surface area contributed by atoms with Crippen molar-refractivity contribution in [2.75, 3.05) is 18.0 Å². The maximum absolute atomic E-state index is 11.1. The third-order valence-electron chi connectivity index (χ3n) is 3.75. The fourth-order valence-electron chi connectivity index (χ4n) is 2.90. The standard InChI is InChI=1S/C12H15N3O2/c16-12(17)15-8-10-3-4-11(15)7-14(10)9-2-1-5-13-6-9/h1-2,5-6,10-11H,3-4,7-8H2,(H,16,17). The molecule has 3 aliphatic rings. The van der Waals surface area contributed by atoms with Gasteiger partial charge in [-0.25, -0.2) is 4.79 Å². The zero-order valence-electron chi connectivity index (χ0n) is 9.49. The topological polar surface area (TPSA) is 56.7 Å². The van der Waals surface area contributed by atoms with E-state index in [-0.39, 0.29) is 6.04 Å². The van der Waals surface area contributed by atoms with Crippen LogP contribution in [0.4, 0.5) is 10.5 Å². The van der Waals surface area contributed by atoms with Crippen LogP contribution in [0.2, 0.25) is 0 Å². The van der Waals surface area contributed by atoms with Crippen molar-refractivity contribution in [3.8, 4) is 0 Å². The zero-order chi connectivity index (χ0) is 11.8. The molecule has 0 saturated carbocycles. The van der Waals surface area contributed by atoms with E-state index in [1.165, 1.54) is 0 Å². The highest BCUT2D eigenvalue weighted by atomic mass is 16.4. The molecule has 2 atom stereocenters. The average molecular weight is 233 g/mol. The van der Waals surface area contributed by atoms with Gasteiger partial charge in [0.05, 0.1) is 17.9 Å². The molecule has 4 heterocycles. The molecule has 1 aromatic rings. The van der Waals surface area contributed by atoms with Crippen molar-refractivity contribution in [3.05, 3.63) is 24.5 Å². The van der Waals surface area contributed by atoms with Crippen LogP contribution in [-0.4, -0.2) is 46.3 Å².